The zero-order chi connectivity index (χ0) is 17.4. The summed E-state index contributed by atoms with van der Waals surface area (Å²) in [6, 6.07) is 2.48. The van der Waals surface area contributed by atoms with Crippen molar-refractivity contribution in [2.45, 2.75) is 65.2 Å². The average molecular weight is 333 g/mol. The molecule has 2 nitrogen and oxygen atoms in total. The summed E-state index contributed by atoms with van der Waals surface area (Å²) < 4.78 is 0. The van der Waals surface area contributed by atoms with E-state index in [9.17, 15) is 10.1 Å². The van der Waals surface area contributed by atoms with Gasteiger partial charge >= 0.3 is 0 Å². The average Bonchev–Trinajstić information content (AvgIpc) is 2.84. The van der Waals surface area contributed by atoms with E-state index >= 15 is 0 Å². The van der Waals surface area contributed by atoms with Crippen molar-refractivity contribution in [1.82, 2.24) is 0 Å². The minimum absolute atomic E-state index is 0.0689. The predicted molar refractivity (Wildman–Crippen MR) is 97.4 cm³/mol. The van der Waals surface area contributed by atoms with Gasteiger partial charge in [-0.1, -0.05) is 18.6 Å². The lowest BCUT2D eigenvalue weighted by Crippen LogP contribution is -2.52. The van der Waals surface area contributed by atoms with E-state index < -0.39 is 0 Å². The second-order valence-electron chi connectivity index (χ2n) is 9.25. The van der Waals surface area contributed by atoms with E-state index in [0.717, 1.165) is 24.7 Å². The van der Waals surface area contributed by atoms with Crippen LogP contribution < -0.4 is 0 Å². The molecule has 2 heteroatoms. The Kier molecular flexibility index (Phi) is 3.10. The Morgan fingerprint density at radius 2 is 2.04 bits per heavy atom. The van der Waals surface area contributed by atoms with E-state index in [4.69, 9.17) is 0 Å². The van der Waals surface area contributed by atoms with Crippen molar-refractivity contribution in [3.63, 3.8) is 0 Å². The number of nitriles is 1. The van der Waals surface area contributed by atoms with Crippen LogP contribution in [0.2, 0.25) is 0 Å². The normalized spacial score (nSPS) is 42.8. The number of fused-ring (bicyclic) bond motifs is 3. The molecule has 0 aliphatic heterocycles. The van der Waals surface area contributed by atoms with Gasteiger partial charge in [0.25, 0.3) is 0 Å². The highest BCUT2D eigenvalue weighted by Gasteiger charge is 2.66. The molecule has 5 unspecified atom stereocenters. The lowest BCUT2D eigenvalue weighted by atomic mass is 9.43. The summed E-state index contributed by atoms with van der Waals surface area (Å²) in [5.41, 5.74) is 6.68. The molecule has 0 saturated heterocycles. The summed E-state index contributed by atoms with van der Waals surface area (Å²) in [6.07, 6.45) is 13.6. The van der Waals surface area contributed by atoms with Crippen LogP contribution in [0.15, 0.2) is 34.4 Å². The van der Waals surface area contributed by atoms with E-state index in [2.05, 4.69) is 26.0 Å². The van der Waals surface area contributed by atoms with Crippen LogP contribution in [0.1, 0.15) is 65.2 Å². The van der Waals surface area contributed by atoms with Crippen molar-refractivity contribution >= 4 is 5.78 Å². The summed E-state index contributed by atoms with van der Waals surface area (Å²) in [5, 5.41) is 9.40. The number of carbonyl (C=O) groups excluding carboxylic acids is 1. The Bertz CT molecular complexity index is 806. The molecule has 25 heavy (non-hydrogen) atoms. The summed E-state index contributed by atoms with van der Waals surface area (Å²) in [6.45, 7) is 4.52. The molecular formula is C23H27NO. The van der Waals surface area contributed by atoms with Crippen LogP contribution in [0.25, 0.3) is 0 Å². The highest BCUT2D eigenvalue weighted by molar-refractivity contribution is 5.93. The summed E-state index contributed by atoms with van der Waals surface area (Å²) >= 11 is 0. The van der Waals surface area contributed by atoms with Gasteiger partial charge in [-0.3, -0.25) is 4.79 Å². The van der Waals surface area contributed by atoms with Crippen molar-refractivity contribution in [2.24, 2.45) is 28.6 Å². The molecule has 2 saturated carbocycles. The number of hydrogen-bond donors (Lipinski definition) is 0. The minimum Gasteiger partial charge on any atom is -0.295 e. The molecule has 0 bridgehead atoms. The molecule has 0 aromatic carbocycles. The van der Waals surface area contributed by atoms with Crippen molar-refractivity contribution in [3.05, 3.63) is 34.4 Å². The van der Waals surface area contributed by atoms with Crippen LogP contribution in [0.4, 0.5) is 0 Å². The zero-order valence-corrected chi connectivity index (χ0v) is 15.4. The van der Waals surface area contributed by atoms with Crippen LogP contribution >= 0.6 is 0 Å². The van der Waals surface area contributed by atoms with Crippen molar-refractivity contribution in [3.8, 4) is 6.07 Å². The Balaban J connectivity index is 1.55. The quantitative estimate of drug-likeness (QED) is 0.613. The van der Waals surface area contributed by atoms with E-state index in [0.29, 0.717) is 17.6 Å². The Labute approximate surface area is 150 Å². The highest BCUT2D eigenvalue weighted by Crippen LogP contribution is 2.75. The fourth-order valence-corrected chi connectivity index (χ4v) is 7.33. The third-order valence-corrected chi connectivity index (χ3v) is 8.55. The number of allylic oxidation sites excluding steroid dienone is 6. The monoisotopic (exact) mass is 333 g/mol. The van der Waals surface area contributed by atoms with Crippen molar-refractivity contribution < 1.29 is 4.79 Å². The van der Waals surface area contributed by atoms with E-state index in [1.54, 1.807) is 11.1 Å². The first kappa shape index (κ1) is 15.6. The van der Waals surface area contributed by atoms with Crippen LogP contribution in [-0.2, 0) is 4.79 Å². The number of ketones is 1. The fraction of sp³-hybridized carbons (Fsp3) is 0.652. The smallest absolute Gasteiger partial charge is 0.156 e. The second-order valence-corrected chi connectivity index (χ2v) is 9.25. The van der Waals surface area contributed by atoms with Gasteiger partial charge in [-0.15, -0.1) is 0 Å². The van der Waals surface area contributed by atoms with Gasteiger partial charge in [0.1, 0.15) is 0 Å². The van der Waals surface area contributed by atoms with Gasteiger partial charge in [-0.2, -0.15) is 5.26 Å². The van der Waals surface area contributed by atoms with Crippen LogP contribution in [0.5, 0.6) is 0 Å². The summed E-state index contributed by atoms with van der Waals surface area (Å²) in [4.78, 5) is 11.8. The van der Waals surface area contributed by atoms with Crippen molar-refractivity contribution in [2.75, 3.05) is 0 Å². The van der Waals surface area contributed by atoms with Gasteiger partial charge in [0.05, 0.1) is 12.0 Å². The van der Waals surface area contributed by atoms with Crippen LogP contribution in [0, 0.1) is 39.9 Å². The first-order valence-corrected chi connectivity index (χ1v) is 10.1. The van der Waals surface area contributed by atoms with Gasteiger partial charge in [-0.25, -0.2) is 0 Å². The third kappa shape index (κ3) is 1.77. The Morgan fingerprint density at radius 1 is 1.20 bits per heavy atom. The first-order valence-electron chi connectivity index (χ1n) is 10.1. The summed E-state index contributed by atoms with van der Waals surface area (Å²) in [5.74, 6) is 1.89. The number of nitrogens with zero attached hydrogens (tertiary/aromatic N) is 1. The molecule has 2 fully saturated rings. The Morgan fingerprint density at radius 3 is 2.84 bits per heavy atom. The molecule has 0 radical (unpaired) electrons. The molecular weight excluding hydrogens is 306 g/mol. The minimum atomic E-state index is 0.0689. The topological polar surface area (TPSA) is 40.9 Å². The molecule has 0 aromatic rings. The maximum absolute atomic E-state index is 11.8. The largest absolute Gasteiger partial charge is 0.295 e. The SMILES string of the molecule is CC(C#N)C1=CC23CCC4=C5CCC(=O)C=C5CCC4C2CCC13C. The second kappa shape index (κ2) is 4.97. The molecule has 5 aliphatic rings. The fourth-order valence-electron chi connectivity index (χ4n) is 7.33. The van der Waals surface area contributed by atoms with Gasteiger partial charge in [0, 0.05) is 11.8 Å². The Hall–Kier alpha value is -1.62. The standard InChI is InChI=1S/C23H27NO/c1-14(13-24)21-12-23-10-7-18-17-6-4-16(25)11-15(17)3-5-19(18)20(23)8-9-22(21,23)2/h11-12,14,19-20H,3-10H2,1-2H3. The number of carbonyl (C=O) groups is 1. The van der Waals surface area contributed by atoms with Gasteiger partial charge in [-0.05, 0) is 91.9 Å². The molecule has 0 amide bonds. The molecule has 5 rings (SSSR count). The van der Waals surface area contributed by atoms with E-state index in [1.165, 1.54) is 43.3 Å². The van der Waals surface area contributed by atoms with Gasteiger partial charge in [0.15, 0.2) is 5.78 Å². The molecule has 1 spiro atoms. The van der Waals surface area contributed by atoms with Crippen molar-refractivity contribution in [1.29, 1.82) is 5.26 Å². The highest BCUT2D eigenvalue weighted by atomic mass is 16.1. The van der Waals surface area contributed by atoms with Gasteiger partial charge < -0.3 is 0 Å². The zero-order valence-electron chi connectivity index (χ0n) is 15.4. The third-order valence-electron chi connectivity index (χ3n) is 8.55. The molecule has 0 heterocycles. The maximum Gasteiger partial charge on any atom is 0.156 e. The van der Waals surface area contributed by atoms with Crippen LogP contribution in [-0.4, -0.2) is 5.78 Å². The molecule has 0 N–H and O–H groups in total. The van der Waals surface area contributed by atoms with E-state index in [1.807, 2.05) is 6.08 Å². The molecule has 5 aliphatic carbocycles. The molecule has 5 atom stereocenters. The van der Waals surface area contributed by atoms with E-state index in [-0.39, 0.29) is 11.3 Å². The molecule has 130 valence electrons. The maximum atomic E-state index is 11.8. The lowest BCUT2D eigenvalue weighted by Gasteiger charge is -2.60. The number of hydrogen-bond acceptors (Lipinski definition) is 2. The summed E-state index contributed by atoms with van der Waals surface area (Å²) in [7, 11) is 0. The predicted octanol–water partition coefficient (Wildman–Crippen LogP) is 5.28. The number of rotatable bonds is 1. The first-order chi connectivity index (χ1) is 12.0. The van der Waals surface area contributed by atoms with Crippen LogP contribution in [0.3, 0.4) is 0 Å². The molecule has 0 aromatic heterocycles. The lowest BCUT2D eigenvalue weighted by molar-refractivity contribution is -0.114. The van der Waals surface area contributed by atoms with Gasteiger partial charge in [0.2, 0.25) is 0 Å².